The van der Waals surface area contributed by atoms with Gasteiger partial charge in [0, 0.05) is 24.3 Å². The maximum absolute atomic E-state index is 12.1. The number of amides is 1. The fourth-order valence-corrected chi connectivity index (χ4v) is 3.24. The summed E-state index contributed by atoms with van der Waals surface area (Å²) in [5, 5.41) is 22.0. The van der Waals surface area contributed by atoms with Gasteiger partial charge in [-0.25, -0.2) is 0 Å². The molecule has 1 amide bonds. The molecule has 1 aliphatic heterocycles. The SMILES string of the molecule is O=C(Nc1ccc(-c2ccc(N3CCCCC3)nn2)cc1)c1ccc([N+](=O)[O-])o1. The van der Waals surface area contributed by atoms with Crippen LogP contribution in [0.3, 0.4) is 0 Å². The highest BCUT2D eigenvalue weighted by Gasteiger charge is 2.17. The number of anilines is 2. The Morgan fingerprint density at radius 2 is 1.76 bits per heavy atom. The first-order valence-electron chi connectivity index (χ1n) is 9.35. The quantitative estimate of drug-likeness (QED) is 0.516. The van der Waals surface area contributed by atoms with Gasteiger partial charge in [-0.05, 0) is 49.6 Å². The minimum absolute atomic E-state index is 0.125. The van der Waals surface area contributed by atoms with Gasteiger partial charge < -0.3 is 14.6 Å². The van der Waals surface area contributed by atoms with Gasteiger partial charge >= 0.3 is 5.88 Å². The Hall–Kier alpha value is -3.75. The van der Waals surface area contributed by atoms with Crippen LogP contribution in [0, 0.1) is 10.1 Å². The molecule has 0 spiro atoms. The van der Waals surface area contributed by atoms with Crippen molar-refractivity contribution in [2.75, 3.05) is 23.3 Å². The summed E-state index contributed by atoms with van der Waals surface area (Å²) in [6.45, 7) is 2.03. The molecule has 0 aliphatic carbocycles. The molecule has 148 valence electrons. The average Bonchev–Trinajstić information content (AvgIpc) is 3.26. The molecule has 9 nitrogen and oxygen atoms in total. The lowest BCUT2D eigenvalue weighted by atomic mass is 10.1. The molecule has 2 aromatic heterocycles. The number of nitro groups is 1. The first-order chi connectivity index (χ1) is 14.1. The summed E-state index contributed by atoms with van der Waals surface area (Å²) < 4.78 is 4.90. The van der Waals surface area contributed by atoms with Crippen LogP contribution in [0.15, 0.2) is 52.9 Å². The summed E-state index contributed by atoms with van der Waals surface area (Å²) in [6.07, 6.45) is 3.63. The fourth-order valence-electron chi connectivity index (χ4n) is 3.24. The monoisotopic (exact) mass is 393 g/mol. The van der Waals surface area contributed by atoms with Gasteiger partial charge in [-0.2, -0.15) is 0 Å². The number of hydrogen-bond acceptors (Lipinski definition) is 7. The number of nitrogens with zero attached hydrogens (tertiary/aromatic N) is 4. The number of hydrogen-bond donors (Lipinski definition) is 1. The van der Waals surface area contributed by atoms with Crippen molar-refractivity contribution in [3.05, 3.63) is 64.4 Å². The van der Waals surface area contributed by atoms with Crippen LogP contribution in [0.5, 0.6) is 0 Å². The van der Waals surface area contributed by atoms with Crippen LogP contribution >= 0.6 is 0 Å². The maximum Gasteiger partial charge on any atom is 0.433 e. The number of benzene rings is 1. The average molecular weight is 393 g/mol. The number of carbonyl (C=O) groups excluding carboxylic acids is 1. The van der Waals surface area contributed by atoms with E-state index in [1.54, 1.807) is 12.1 Å². The Labute approximate surface area is 166 Å². The number of aromatic nitrogens is 2. The molecule has 3 aromatic rings. The van der Waals surface area contributed by atoms with Crippen molar-refractivity contribution in [1.82, 2.24) is 10.2 Å². The molecule has 0 unspecified atom stereocenters. The lowest BCUT2D eigenvalue weighted by Crippen LogP contribution is -2.30. The maximum atomic E-state index is 12.1. The van der Waals surface area contributed by atoms with Crippen LogP contribution < -0.4 is 10.2 Å². The zero-order valence-electron chi connectivity index (χ0n) is 15.6. The zero-order chi connectivity index (χ0) is 20.2. The van der Waals surface area contributed by atoms with Gasteiger partial charge in [0.2, 0.25) is 0 Å². The number of rotatable bonds is 5. The van der Waals surface area contributed by atoms with Gasteiger partial charge in [0.25, 0.3) is 5.91 Å². The number of carbonyl (C=O) groups is 1. The van der Waals surface area contributed by atoms with Crippen LogP contribution in [-0.2, 0) is 0 Å². The van der Waals surface area contributed by atoms with Crippen molar-refractivity contribution < 1.29 is 14.1 Å². The minimum Gasteiger partial charge on any atom is -0.395 e. The summed E-state index contributed by atoms with van der Waals surface area (Å²) in [4.78, 5) is 24.3. The van der Waals surface area contributed by atoms with E-state index in [2.05, 4.69) is 20.4 Å². The van der Waals surface area contributed by atoms with E-state index in [9.17, 15) is 14.9 Å². The zero-order valence-corrected chi connectivity index (χ0v) is 15.6. The van der Waals surface area contributed by atoms with E-state index >= 15 is 0 Å². The second kappa shape index (κ2) is 8.09. The van der Waals surface area contributed by atoms with Gasteiger partial charge in [0.1, 0.15) is 4.92 Å². The summed E-state index contributed by atoms with van der Waals surface area (Å²) in [6, 6.07) is 13.4. The van der Waals surface area contributed by atoms with Crippen LogP contribution in [0.2, 0.25) is 0 Å². The van der Waals surface area contributed by atoms with Crippen molar-refractivity contribution in [3.8, 4) is 11.3 Å². The van der Waals surface area contributed by atoms with Gasteiger partial charge in [0.15, 0.2) is 11.6 Å². The van der Waals surface area contributed by atoms with Crippen molar-refractivity contribution in [3.63, 3.8) is 0 Å². The fraction of sp³-hybridized carbons (Fsp3) is 0.250. The van der Waals surface area contributed by atoms with E-state index in [1.165, 1.54) is 25.3 Å². The highest BCUT2D eigenvalue weighted by atomic mass is 16.6. The normalized spacial score (nSPS) is 13.9. The second-order valence-electron chi connectivity index (χ2n) is 6.75. The first-order valence-corrected chi connectivity index (χ1v) is 9.35. The molecule has 0 atom stereocenters. The van der Waals surface area contributed by atoms with Crippen molar-refractivity contribution in [2.24, 2.45) is 0 Å². The smallest absolute Gasteiger partial charge is 0.395 e. The highest BCUT2D eigenvalue weighted by molar-refractivity contribution is 6.02. The van der Waals surface area contributed by atoms with Crippen molar-refractivity contribution in [2.45, 2.75) is 19.3 Å². The summed E-state index contributed by atoms with van der Waals surface area (Å²) in [5.74, 6) is -0.265. The van der Waals surface area contributed by atoms with E-state index < -0.39 is 16.7 Å². The molecule has 1 aromatic carbocycles. The Kier molecular flexibility index (Phi) is 5.19. The third-order valence-corrected chi connectivity index (χ3v) is 4.76. The van der Waals surface area contributed by atoms with Crippen molar-refractivity contribution in [1.29, 1.82) is 0 Å². The van der Waals surface area contributed by atoms with E-state index in [4.69, 9.17) is 4.42 Å². The largest absolute Gasteiger partial charge is 0.433 e. The van der Waals surface area contributed by atoms with Gasteiger partial charge in [0.05, 0.1) is 11.8 Å². The molecular weight excluding hydrogens is 374 g/mol. The third-order valence-electron chi connectivity index (χ3n) is 4.76. The summed E-state index contributed by atoms with van der Waals surface area (Å²) in [7, 11) is 0. The van der Waals surface area contributed by atoms with Crippen LogP contribution in [0.25, 0.3) is 11.3 Å². The molecule has 29 heavy (non-hydrogen) atoms. The Bertz CT molecular complexity index is 1010. The van der Waals surface area contributed by atoms with E-state index in [0.29, 0.717) is 5.69 Å². The molecule has 1 N–H and O–H groups in total. The predicted octanol–water partition coefficient (Wildman–Crippen LogP) is 3.89. The molecule has 4 rings (SSSR count). The van der Waals surface area contributed by atoms with Gasteiger partial charge in [-0.1, -0.05) is 12.1 Å². The van der Waals surface area contributed by atoms with E-state index in [-0.39, 0.29) is 5.76 Å². The second-order valence-corrected chi connectivity index (χ2v) is 6.75. The molecule has 1 aliphatic rings. The van der Waals surface area contributed by atoms with Crippen LogP contribution in [0.4, 0.5) is 17.4 Å². The topological polar surface area (TPSA) is 114 Å². The molecule has 1 fully saturated rings. The molecule has 9 heteroatoms. The van der Waals surface area contributed by atoms with Gasteiger partial charge in [-0.3, -0.25) is 14.9 Å². The lowest BCUT2D eigenvalue weighted by molar-refractivity contribution is -0.402. The molecular formula is C20H19N5O4. The first kappa shape index (κ1) is 18.6. The molecule has 0 bridgehead atoms. The number of nitrogens with one attached hydrogen (secondary N) is 1. The number of piperidine rings is 1. The standard InChI is InChI=1S/C20H19N5O4/c26-20(17-9-11-19(29-17)25(27)28)21-15-6-4-14(5-7-15)16-8-10-18(23-22-16)24-12-2-1-3-13-24/h4-11H,1-3,12-13H2,(H,21,26). The molecule has 0 radical (unpaired) electrons. The Balaban J connectivity index is 1.41. The molecule has 1 saturated heterocycles. The van der Waals surface area contributed by atoms with Crippen molar-refractivity contribution >= 4 is 23.3 Å². The highest BCUT2D eigenvalue weighted by Crippen LogP contribution is 2.23. The summed E-state index contributed by atoms with van der Waals surface area (Å²) in [5.41, 5.74) is 2.15. The lowest BCUT2D eigenvalue weighted by Gasteiger charge is -2.27. The van der Waals surface area contributed by atoms with E-state index in [1.807, 2.05) is 24.3 Å². The molecule has 3 heterocycles. The third kappa shape index (κ3) is 4.23. The number of furan rings is 1. The minimum atomic E-state index is -0.691. The van der Waals surface area contributed by atoms with E-state index in [0.717, 1.165) is 36.2 Å². The Morgan fingerprint density at radius 3 is 2.38 bits per heavy atom. The van der Waals surface area contributed by atoms with Crippen LogP contribution in [-0.4, -0.2) is 34.1 Å². The summed E-state index contributed by atoms with van der Waals surface area (Å²) >= 11 is 0. The molecule has 0 saturated carbocycles. The van der Waals surface area contributed by atoms with Gasteiger partial charge in [-0.15, -0.1) is 10.2 Å². The Morgan fingerprint density at radius 1 is 1.00 bits per heavy atom. The van der Waals surface area contributed by atoms with Crippen LogP contribution in [0.1, 0.15) is 29.8 Å². The predicted molar refractivity (Wildman–Crippen MR) is 107 cm³/mol.